The fourth-order valence-electron chi connectivity index (χ4n) is 2.32. The quantitative estimate of drug-likeness (QED) is 0.514. The molecule has 0 spiro atoms. The minimum absolute atomic E-state index is 0.0216. The lowest BCUT2D eigenvalue weighted by molar-refractivity contribution is -0.146. The van der Waals surface area contributed by atoms with Crippen molar-refractivity contribution in [3.05, 3.63) is 16.6 Å². The Bertz CT molecular complexity index is 453. The van der Waals surface area contributed by atoms with Gasteiger partial charge in [-0.15, -0.1) is 11.3 Å². The topological polar surface area (TPSA) is 66.8 Å². The summed E-state index contributed by atoms with van der Waals surface area (Å²) in [4.78, 5) is 22.2. The summed E-state index contributed by atoms with van der Waals surface area (Å²) in [7, 11) is 3.22. The molecule has 0 aromatic carbocycles. The Morgan fingerprint density at radius 2 is 2.35 bits per heavy atom. The number of methoxy groups -OCH3 is 1. The minimum Gasteiger partial charge on any atom is -0.469 e. The number of aromatic nitrogens is 1. The maximum absolute atomic E-state index is 11.5. The van der Waals surface area contributed by atoms with E-state index in [4.69, 9.17) is 4.74 Å². The Hall–Kier alpha value is -1.63. The van der Waals surface area contributed by atoms with Crippen LogP contribution in [0.4, 0.5) is 0 Å². The predicted molar refractivity (Wildman–Crippen MR) is 78.6 cm³/mol. The molecule has 1 saturated heterocycles. The van der Waals surface area contributed by atoms with Gasteiger partial charge in [-0.3, -0.25) is 9.79 Å². The Morgan fingerprint density at radius 3 is 2.90 bits per heavy atom. The van der Waals surface area contributed by atoms with E-state index >= 15 is 0 Å². The molecule has 2 heterocycles. The summed E-state index contributed by atoms with van der Waals surface area (Å²) in [5.41, 5.74) is 0. The number of thiazole rings is 1. The van der Waals surface area contributed by atoms with Crippen molar-refractivity contribution in [1.29, 1.82) is 0 Å². The Morgan fingerprint density at radius 1 is 1.60 bits per heavy atom. The molecule has 1 fully saturated rings. The summed E-state index contributed by atoms with van der Waals surface area (Å²) in [6, 6.07) is 0. The number of carbonyl (C=O) groups excluding carboxylic acids is 1. The molecule has 1 aliphatic rings. The van der Waals surface area contributed by atoms with Crippen LogP contribution in [0.3, 0.4) is 0 Å². The van der Waals surface area contributed by atoms with Crippen molar-refractivity contribution in [2.75, 3.05) is 27.2 Å². The van der Waals surface area contributed by atoms with E-state index < -0.39 is 0 Å². The second kappa shape index (κ2) is 7.23. The van der Waals surface area contributed by atoms with Crippen LogP contribution in [-0.2, 0) is 16.1 Å². The van der Waals surface area contributed by atoms with Crippen LogP contribution >= 0.6 is 11.3 Å². The molecule has 0 aliphatic carbocycles. The van der Waals surface area contributed by atoms with Crippen molar-refractivity contribution in [3.63, 3.8) is 0 Å². The highest BCUT2D eigenvalue weighted by Gasteiger charge is 2.26. The molecule has 2 rings (SSSR count). The van der Waals surface area contributed by atoms with Crippen LogP contribution < -0.4 is 5.32 Å². The van der Waals surface area contributed by atoms with Crippen LogP contribution in [-0.4, -0.2) is 49.1 Å². The molecule has 1 aromatic heterocycles. The molecule has 110 valence electrons. The number of rotatable bonds is 3. The number of nitrogens with zero attached hydrogens (tertiary/aromatic N) is 3. The average Bonchev–Trinajstić information content (AvgIpc) is 3.01. The maximum Gasteiger partial charge on any atom is 0.308 e. The van der Waals surface area contributed by atoms with Crippen molar-refractivity contribution in [2.24, 2.45) is 10.9 Å². The van der Waals surface area contributed by atoms with Gasteiger partial charge in [0.1, 0.15) is 5.01 Å². The first-order valence-electron chi connectivity index (χ1n) is 6.66. The molecule has 1 aliphatic heterocycles. The van der Waals surface area contributed by atoms with Gasteiger partial charge in [-0.2, -0.15) is 0 Å². The lowest BCUT2D eigenvalue weighted by atomic mass is 9.97. The number of ether oxygens (including phenoxy) is 1. The molecule has 0 radical (unpaired) electrons. The van der Waals surface area contributed by atoms with Crippen molar-refractivity contribution >= 4 is 23.3 Å². The molecule has 1 aromatic rings. The van der Waals surface area contributed by atoms with E-state index in [9.17, 15) is 4.79 Å². The number of likely N-dealkylation sites (tertiary alicyclic amines) is 1. The summed E-state index contributed by atoms with van der Waals surface area (Å²) in [6.07, 6.45) is 3.42. The highest BCUT2D eigenvalue weighted by atomic mass is 32.1. The van der Waals surface area contributed by atoms with Crippen LogP contribution in [0.15, 0.2) is 16.6 Å². The van der Waals surface area contributed by atoms with Gasteiger partial charge in [0.15, 0.2) is 5.96 Å². The second-order valence-electron chi connectivity index (χ2n) is 4.61. The van der Waals surface area contributed by atoms with Crippen LogP contribution in [0.25, 0.3) is 0 Å². The molecule has 20 heavy (non-hydrogen) atoms. The van der Waals surface area contributed by atoms with Gasteiger partial charge < -0.3 is 15.0 Å². The number of hydrogen-bond donors (Lipinski definition) is 1. The smallest absolute Gasteiger partial charge is 0.308 e. The van der Waals surface area contributed by atoms with E-state index in [1.54, 1.807) is 24.6 Å². The minimum atomic E-state index is -0.101. The van der Waals surface area contributed by atoms with Crippen molar-refractivity contribution in [3.8, 4) is 0 Å². The first kappa shape index (κ1) is 14.8. The van der Waals surface area contributed by atoms with E-state index in [0.29, 0.717) is 6.54 Å². The van der Waals surface area contributed by atoms with Gasteiger partial charge in [-0.25, -0.2) is 4.98 Å². The van der Waals surface area contributed by atoms with Gasteiger partial charge >= 0.3 is 5.97 Å². The third-order valence-electron chi connectivity index (χ3n) is 3.42. The summed E-state index contributed by atoms with van der Waals surface area (Å²) in [5, 5.41) is 6.30. The van der Waals surface area contributed by atoms with Crippen LogP contribution in [0, 0.1) is 5.92 Å². The zero-order valence-electron chi connectivity index (χ0n) is 11.8. The summed E-state index contributed by atoms with van der Waals surface area (Å²) in [6.45, 7) is 2.32. The van der Waals surface area contributed by atoms with Crippen molar-refractivity contribution in [2.45, 2.75) is 19.4 Å². The normalized spacial score (nSPS) is 17.1. The number of piperidine rings is 1. The van der Waals surface area contributed by atoms with Crippen molar-refractivity contribution < 1.29 is 9.53 Å². The van der Waals surface area contributed by atoms with E-state index in [1.807, 2.05) is 5.38 Å². The second-order valence-corrected chi connectivity index (χ2v) is 5.59. The monoisotopic (exact) mass is 296 g/mol. The highest BCUT2D eigenvalue weighted by Crippen LogP contribution is 2.18. The van der Waals surface area contributed by atoms with Crippen molar-refractivity contribution in [1.82, 2.24) is 15.2 Å². The van der Waals surface area contributed by atoms with Crippen LogP contribution in [0.2, 0.25) is 0 Å². The number of nitrogens with one attached hydrogen (secondary N) is 1. The molecule has 6 nitrogen and oxygen atoms in total. The number of hydrogen-bond acceptors (Lipinski definition) is 5. The van der Waals surface area contributed by atoms with Gasteiger partial charge in [-0.05, 0) is 12.8 Å². The zero-order valence-corrected chi connectivity index (χ0v) is 12.7. The van der Waals surface area contributed by atoms with Gasteiger partial charge in [0.05, 0.1) is 19.6 Å². The SMILES string of the molecule is CN=C(NCc1nccs1)N1CCC(C(=O)OC)CC1. The lowest BCUT2D eigenvalue weighted by Crippen LogP contribution is -2.46. The molecule has 0 saturated carbocycles. The first-order valence-corrected chi connectivity index (χ1v) is 7.54. The molecule has 7 heteroatoms. The van der Waals surface area contributed by atoms with Gasteiger partial charge in [0.2, 0.25) is 0 Å². The van der Waals surface area contributed by atoms with E-state index in [0.717, 1.165) is 36.9 Å². The molecular formula is C13H20N4O2S. The lowest BCUT2D eigenvalue weighted by Gasteiger charge is -2.33. The van der Waals surface area contributed by atoms with E-state index in [2.05, 4.69) is 20.2 Å². The number of carbonyl (C=O) groups is 1. The Labute approximate surface area is 122 Å². The Kier molecular flexibility index (Phi) is 5.34. The van der Waals surface area contributed by atoms with Gasteiger partial charge in [0.25, 0.3) is 0 Å². The standard InChI is InChI=1S/C13H20N4O2S/c1-14-13(16-9-11-15-5-8-20-11)17-6-3-10(4-7-17)12(18)19-2/h5,8,10H,3-4,6-7,9H2,1-2H3,(H,14,16). The maximum atomic E-state index is 11.5. The fraction of sp³-hybridized carbons (Fsp3) is 0.615. The fourth-order valence-corrected chi connectivity index (χ4v) is 2.88. The number of aliphatic imine (C=N–C) groups is 1. The predicted octanol–water partition coefficient (Wildman–Crippen LogP) is 1.10. The third-order valence-corrected chi connectivity index (χ3v) is 4.20. The van der Waals surface area contributed by atoms with Crippen LogP contribution in [0.5, 0.6) is 0 Å². The zero-order chi connectivity index (χ0) is 14.4. The Balaban J connectivity index is 1.83. The number of guanidine groups is 1. The summed E-state index contributed by atoms with van der Waals surface area (Å²) >= 11 is 1.62. The first-order chi connectivity index (χ1) is 9.74. The average molecular weight is 296 g/mol. The van der Waals surface area contributed by atoms with Gasteiger partial charge in [0, 0.05) is 31.7 Å². The van der Waals surface area contributed by atoms with Gasteiger partial charge in [-0.1, -0.05) is 0 Å². The highest BCUT2D eigenvalue weighted by molar-refractivity contribution is 7.09. The molecule has 0 amide bonds. The molecule has 0 bridgehead atoms. The van der Waals surface area contributed by atoms with Crippen LogP contribution in [0.1, 0.15) is 17.8 Å². The largest absolute Gasteiger partial charge is 0.469 e. The molecule has 0 atom stereocenters. The molecule has 0 unspecified atom stereocenters. The van der Waals surface area contributed by atoms with E-state index in [1.165, 1.54) is 7.11 Å². The summed E-state index contributed by atoms with van der Waals surface area (Å²) in [5.74, 6) is 0.784. The summed E-state index contributed by atoms with van der Waals surface area (Å²) < 4.78 is 4.80. The number of esters is 1. The molecule has 1 N–H and O–H groups in total. The third kappa shape index (κ3) is 3.69. The molecular weight excluding hydrogens is 276 g/mol. The van der Waals surface area contributed by atoms with E-state index in [-0.39, 0.29) is 11.9 Å².